The van der Waals surface area contributed by atoms with Gasteiger partial charge in [-0.25, -0.2) is 0 Å². The lowest BCUT2D eigenvalue weighted by atomic mass is 9.94. The van der Waals surface area contributed by atoms with Crippen molar-refractivity contribution >= 4 is 0 Å². The predicted molar refractivity (Wildman–Crippen MR) is 88.5 cm³/mol. The van der Waals surface area contributed by atoms with E-state index in [0.29, 0.717) is 6.54 Å². The third kappa shape index (κ3) is 3.85. The standard InChI is InChI=1S/C18H30N2O/c1-13-7-8-15(9-14(13)2)16(10-19)20-11-17(3,4)21-18(5,6)12-20/h7-9,16H,10-12,19H2,1-6H3. The van der Waals surface area contributed by atoms with E-state index in [1.165, 1.54) is 16.7 Å². The van der Waals surface area contributed by atoms with E-state index in [1.54, 1.807) is 0 Å². The number of hydrogen-bond donors (Lipinski definition) is 1. The molecule has 1 aliphatic rings. The molecule has 0 aromatic heterocycles. The lowest BCUT2D eigenvalue weighted by Gasteiger charge is -2.49. The first-order valence-electron chi connectivity index (χ1n) is 7.85. The van der Waals surface area contributed by atoms with E-state index in [-0.39, 0.29) is 17.2 Å². The number of morpholine rings is 1. The van der Waals surface area contributed by atoms with Crippen LogP contribution in [-0.4, -0.2) is 35.7 Å². The molecule has 0 amide bonds. The van der Waals surface area contributed by atoms with Crippen molar-refractivity contribution in [3.05, 3.63) is 34.9 Å². The highest BCUT2D eigenvalue weighted by Crippen LogP contribution is 2.33. The highest BCUT2D eigenvalue weighted by atomic mass is 16.5. The van der Waals surface area contributed by atoms with Crippen LogP contribution >= 0.6 is 0 Å². The Morgan fingerprint density at radius 1 is 1.10 bits per heavy atom. The number of rotatable bonds is 3. The van der Waals surface area contributed by atoms with E-state index in [9.17, 15) is 0 Å². The molecule has 1 heterocycles. The Labute approximate surface area is 129 Å². The first-order chi connectivity index (χ1) is 9.63. The SMILES string of the molecule is Cc1ccc(C(CN)N2CC(C)(C)OC(C)(C)C2)cc1C. The molecular formula is C18H30N2O. The lowest BCUT2D eigenvalue weighted by molar-refractivity contribution is -0.187. The van der Waals surface area contributed by atoms with Gasteiger partial charge in [-0.05, 0) is 58.2 Å². The minimum atomic E-state index is -0.144. The molecule has 0 radical (unpaired) electrons. The van der Waals surface area contributed by atoms with Crippen LogP contribution in [0.3, 0.4) is 0 Å². The Balaban J connectivity index is 2.29. The van der Waals surface area contributed by atoms with Crippen LogP contribution in [-0.2, 0) is 4.74 Å². The number of aryl methyl sites for hydroxylation is 2. The minimum absolute atomic E-state index is 0.144. The molecule has 1 atom stereocenters. The van der Waals surface area contributed by atoms with Crippen LogP contribution in [0.2, 0.25) is 0 Å². The van der Waals surface area contributed by atoms with Gasteiger partial charge < -0.3 is 10.5 Å². The number of benzene rings is 1. The lowest BCUT2D eigenvalue weighted by Crippen LogP contribution is -2.58. The molecule has 1 fully saturated rings. The van der Waals surface area contributed by atoms with Gasteiger partial charge in [0.15, 0.2) is 0 Å². The molecule has 1 aromatic carbocycles. The fourth-order valence-electron chi connectivity index (χ4n) is 3.53. The molecule has 2 rings (SSSR count). The largest absolute Gasteiger partial charge is 0.367 e. The van der Waals surface area contributed by atoms with E-state index >= 15 is 0 Å². The number of nitrogens with zero attached hydrogens (tertiary/aromatic N) is 1. The zero-order valence-corrected chi connectivity index (χ0v) is 14.4. The van der Waals surface area contributed by atoms with Crippen molar-refractivity contribution in [1.29, 1.82) is 0 Å². The van der Waals surface area contributed by atoms with Crippen molar-refractivity contribution in [3.8, 4) is 0 Å². The fourth-order valence-corrected chi connectivity index (χ4v) is 3.53. The summed E-state index contributed by atoms with van der Waals surface area (Å²) in [6.07, 6.45) is 0. The molecule has 2 N–H and O–H groups in total. The van der Waals surface area contributed by atoms with Gasteiger partial charge in [-0.3, -0.25) is 4.90 Å². The second-order valence-electron chi connectivity index (χ2n) is 7.62. The second-order valence-corrected chi connectivity index (χ2v) is 7.62. The Hall–Kier alpha value is -0.900. The van der Waals surface area contributed by atoms with Crippen molar-refractivity contribution in [1.82, 2.24) is 4.90 Å². The van der Waals surface area contributed by atoms with Crippen LogP contribution < -0.4 is 5.73 Å². The van der Waals surface area contributed by atoms with E-state index < -0.39 is 0 Å². The molecular weight excluding hydrogens is 260 g/mol. The maximum absolute atomic E-state index is 6.18. The smallest absolute Gasteiger partial charge is 0.0761 e. The minimum Gasteiger partial charge on any atom is -0.367 e. The Kier molecular flexibility index (Phi) is 4.48. The van der Waals surface area contributed by atoms with Crippen LogP contribution in [0.25, 0.3) is 0 Å². The van der Waals surface area contributed by atoms with Crippen molar-refractivity contribution in [3.63, 3.8) is 0 Å². The van der Waals surface area contributed by atoms with Gasteiger partial charge in [-0.2, -0.15) is 0 Å². The van der Waals surface area contributed by atoms with Gasteiger partial charge in [0.1, 0.15) is 0 Å². The van der Waals surface area contributed by atoms with E-state index in [2.05, 4.69) is 64.6 Å². The maximum atomic E-state index is 6.18. The van der Waals surface area contributed by atoms with E-state index in [4.69, 9.17) is 10.5 Å². The van der Waals surface area contributed by atoms with Crippen LogP contribution in [0.15, 0.2) is 18.2 Å². The quantitative estimate of drug-likeness (QED) is 0.929. The summed E-state index contributed by atoms with van der Waals surface area (Å²) >= 11 is 0. The maximum Gasteiger partial charge on any atom is 0.0761 e. The molecule has 1 aromatic rings. The Bertz CT molecular complexity index is 492. The molecule has 0 bridgehead atoms. The van der Waals surface area contributed by atoms with Crippen molar-refractivity contribution in [2.24, 2.45) is 5.73 Å². The van der Waals surface area contributed by atoms with Crippen LogP contribution in [0, 0.1) is 13.8 Å². The molecule has 0 saturated carbocycles. The van der Waals surface area contributed by atoms with Gasteiger partial charge in [-0.1, -0.05) is 18.2 Å². The van der Waals surface area contributed by atoms with Gasteiger partial charge in [0.25, 0.3) is 0 Å². The molecule has 3 heteroatoms. The van der Waals surface area contributed by atoms with E-state index in [0.717, 1.165) is 13.1 Å². The van der Waals surface area contributed by atoms with Crippen LogP contribution in [0.1, 0.15) is 50.4 Å². The van der Waals surface area contributed by atoms with Crippen molar-refractivity contribution < 1.29 is 4.74 Å². The van der Waals surface area contributed by atoms with Gasteiger partial charge in [0, 0.05) is 25.7 Å². The summed E-state index contributed by atoms with van der Waals surface area (Å²) in [6, 6.07) is 6.95. The predicted octanol–water partition coefficient (Wildman–Crippen LogP) is 3.19. The number of nitrogens with two attached hydrogens (primary N) is 1. The first kappa shape index (κ1) is 16.5. The summed E-state index contributed by atoms with van der Waals surface area (Å²) < 4.78 is 6.18. The monoisotopic (exact) mass is 290 g/mol. The van der Waals surface area contributed by atoms with Gasteiger partial charge >= 0.3 is 0 Å². The van der Waals surface area contributed by atoms with Crippen LogP contribution in [0.4, 0.5) is 0 Å². The van der Waals surface area contributed by atoms with E-state index in [1.807, 2.05) is 0 Å². The van der Waals surface area contributed by atoms with Crippen molar-refractivity contribution in [2.75, 3.05) is 19.6 Å². The highest BCUT2D eigenvalue weighted by Gasteiger charge is 2.40. The summed E-state index contributed by atoms with van der Waals surface area (Å²) in [6.45, 7) is 15.4. The topological polar surface area (TPSA) is 38.5 Å². The van der Waals surface area contributed by atoms with Crippen LogP contribution in [0.5, 0.6) is 0 Å². The summed E-state index contributed by atoms with van der Waals surface area (Å²) in [7, 11) is 0. The second kappa shape index (κ2) is 5.71. The zero-order chi connectivity index (χ0) is 15.8. The van der Waals surface area contributed by atoms with Gasteiger partial charge in [0.2, 0.25) is 0 Å². The zero-order valence-electron chi connectivity index (χ0n) is 14.4. The molecule has 0 spiro atoms. The summed E-state index contributed by atoms with van der Waals surface area (Å²) in [4.78, 5) is 2.48. The molecule has 3 nitrogen and oxygen atoms in total. The average Bonchev–Trinajstić information content (AvgIpc) is 2.30. The van der Waals surface area contributed by atoms with Gasteiger partial charge in [-0.15, -0.1) is 0 Å². The molecule has 118 valence electrons. The average molecular weight is 290 g/mol. The normalized spacial score (nSPS) is 23.0. The third-order valence-electron chi connectivity index (χ3n) is 4.30. The fraction of sp³-hybridized carbons (Fsp3) is 0.667. The molecule has 1 unspecified atom stereocenters. The van der Waals surface area contributed by atoms with Crippen molar-refractivity contribution in [2.45, 2.75) is 58.8 Å². The first-order valence-corrected chi connectivity index (χ1v) is 7.85. The molecule has 1 aliphatic heterocycles. The third-order valence-corrected chi connectivity index (χ3v) is 4.30. The summed E-state index contributed by atoms with van der Waals surface area (Å²) in [5, 5.41) is 0. The summed E-state index contributed by atoms with van der Waals surface area (Å²) in [5.74, 6) is 0. The number of ether oxygens (including phenoxy) is 1. The summed E-state index contributed by atoms with van der Waals surface area (Å²) in [5.41, 5.74) is 9.81. The molecule has 1 saturated heterocycles. The van der Waals surface area contributed by atoms with Gasteiger partial charge in [0.05, 0.1) is 11.2 Å². The number of hydrogen-bond acceptors (Lipinski definition) is 3. The Morgan fingerprint density at radius 3 is 2.14 bits per heavy atom. The molecule has 0 aliphatic carbocycles. The highest BCUT2D eigenvalue weighted by molar-refractivity contribution is 5.32. The molecule has 21 heavy (non-hydrogen) atoms. The Morgan fingerprint density at radius 2 is 1.67 bits per heavy atom.